The van der Waals surface area contributed by atoms with Crippen LogP contribution >= 0.6 is 0 Å². The van der Waals surface area contributed by atoms with Crippen molar-refractivity contribution >= 4 is 11.6 Å². The van der Waals surface area contributed by atoms with Gasteiger partial charge < -0.3 is 0 Å². The Bertz CT molecular complexity index is 948. The number of carbonyl (C=O) groups is 2. The second-order valence-corrected chi connectivity index (χ2v) is 5.88. The van der Waals surface area contributed by atoms with Gasteiger partial charge in [0.25, 0.3) is 0 Å². The van der Waals surface area contributed by atoms with Gasteiger partial charge >= 0.3 is 0 Å². The first-order valence-corrected chi connectivity index (χ1v) is 7.75. The molecule has 0 aliphatic heterocycles. The van der Waals surface area contributed by atoms with Crippen molar-refractivity contribution in [3.63, 3.8) is 0 Å². The van der Waals surface area contributed by atoms with E-state index in [1.807, 2.05) is 0 Å². The average molecular weight is 345 g/mol. The summed E-state index contributed by atoms with van der Waals surface area (Å²) in [6.07, 6.45) is 1.25. The molecular formula is C19H14F3NO2. The molecule has 1 aliphatic carbocycles. The Kier molecular flexibility index (Phi) is 4.29. The van der Waals surface area contributed by atoms with Crippen molar-refractivity contribution < 1.29 is 22.8 Å². The van der Waals surface area contributed by atoms with Crippen molar-refractivity contribution in [2.45, 2.75) is 26.7 Å². The van der Waals surface area contributed by atoms with Crippen LogP contribution < -0.4 is 0 Å². The maximum absolute atomic E-state index is 14.1. The van der Waals surface area contributed by atoms with Gasteiger partial charge in [-0.3, -0.25) is 14.6 Å². The van der Waals surface area contributed by atoms with Crippen molar-refractivity contribution in [2.75, 3.05) is 0 Å². The highest BCUT2D eigenvalue weighted by Gasteiger charge is 2.34. The zero-order valence-electron chi connectivity index (χ0n) is 13.6. The number of carbonyl (C=O) groups excluding carboxylic acids is 2. The van der Waals surface area contributed by atoms with Gasteiger partial charge in [0, 0.05) is 34.9 Å². The maximum atomic E-state index is 14.1. The molecule has 3 nitrogen and oxygen atoms in total. The summed E-state index contributed by atoms with van der Waals surface area (Å²) in [5, 5.41) is 0. The third kappa shape index (κ3) is 2.88. The largest absolute Gasteiger partial charge is 0.289 e. The molecule has 0 amide bonds. The summed E-state index contributed by atoms with van der Waals surface area (Å²) in [4.78, 5) is 29.3. The molecule has 3 rings (SSSR count). The minimum absolute atomic E-state index is 0.0227. The fourth-order valence-corrected chi connectivity index (χ4v) is 3.01. The number of aryl methyl sites for hydroxylation is 1. The first kappa shape index (κ1) is 17.1. The van der Waals surface area contributed by atoms with Gasteiger partial charge in [-0.05, 0) is 31.0 Å². The lowest BCUT2D eigenvalue weighted by molar-refractivity contribution is 0.0966. The Morgan fingerprint density at radius 1 is 0.960 bits per heavy atom. The second-order valence-electron chi connectivity index (χ2n) is 5.88. The molecule has 1 aromatic carbocycles. The lowest BCUT2D eigenvalue weighted by Gasteiger charge is -2.21. The highest BCUT2D eigenvalue weighted by atomic mass is 19.1. The number of halogens is 3. The van der Waals surface area contributed by atoms with E-state index in [2.05, 4.69) is 4.98 Å². The predicted octanol–water partition coefficient (Wildman–Crippen LogP) is 4.14. The zero-order chi connectivity index (χ0) is 18.3. The molecule has 0 fully saturated rings. The van der Waals surface area contributed by atoms with E-state index in [0.717, 1.165) is 12.3 Å². The van der Waals surface area contributed by atoms with Crippen LogP contribution in [0.2, 0.25) is 0 Å². The maximum Gasteiger partial charge on any atom is 0.193 e. The Morgan fingerprint density at radius 2 is 1.68 bits per heavy atom. The van der Waals surface area contributed by atoms with Crippen molar-refractivity contribution in [1.82, 2.24) is 4.98 Å². The number of aromatic nitrogens is 1. The number of benzene rings is 1. The van der Waals surface area contributed by atoms with Gasteiger partial charge in [-0.1, -0.05) is 6.92 Å². The molecule has 0 N–H and O–H groups in total. The van der Waals surface area contributed by atoms with Crippen molar-refractivity contribution in [3.05, 3.63) is 75.4 Å². The first-order valence-electron chi connectivity index (χ1n) is 7.75. The van der Waals surface area contributed by atoms with E-state index in [9.17, 15) is 22.8 Å². The molecular weight excluding hydrogens is 331 g/mol. The molecule has 25 heavy (non-hydrogen) atoms. The number of ketones is 2. The quantitative estimate of drug-likeness (QED) is 0.840. The number of allylic oxidation sites excluding steroid dienone is 2. The third-order valence-electron chi connectivity index (χ3n) is 4.25. The van der Waals surface area contributed by atoms with Crippen LogP contribution in [0.15, 0.2) is 35.5 Å². The fraction of sp³-hybridized carbons (Fsp3) is 0.211. The topological polar surface area (TPSA) is 47.0 Å². The average Bonchev–Trinajstić information content (AvgIpc) is 2.55. The van der Waals surface area contributed by atoms with Crippen LogP contribution in [0.5, 0.6) is 0 Å². The van der Waals surface area contributed by atoms with E-state index < -0.39 is 34.6 Å². The number of rotatable bonds is 3. The van der Waals surface area contributed by atoms with Gasteiger partial charge in [0.05, 0.1) is 11.8 Å². The van der Waals surface area contributed by atoms with Crippen molar-refractivity contribution in [2.24, 2.45) is 0 Å². The summed E-state index contributed by atoms with van der Waals surface area (Å²) in [6, 6.07) is 2.94. The number of fused-ring (bicyclic) bond motifs is 1. The Hall–Kier alpha value is -2.76. The van der Waals surface area contributed by atoms with Crippen LogP contribution in [-0.2, 0) is 6.42 Å². The molecule has 1 heterocycles. The number of pyridine rings is 1. The SMILES string of the molecule is CCC1=C(Cc2cc(C)c(F)cn2)C(=O)c2c(F)cc(F)cc2C1=O. The molecule has 0 radical (unpaired) electrons. The second kappa shape index (κ2) is 6.27. The molecule has 1 aromatic heterocycles. The van der Waals surface area contributed by atoms with Gasteiger partial charge in [0.15, 0.2) is 11.6 Å². The standard InChI is InChI=1S/C19H14F3NO2/c1-3-12-13(7-11-4-9(2)16(22)8-23-11)19(25)17-14(18(12)24)5-10(20)6-15(17)21/h4-6,8H,3,7H2,1-2H3. The first-order chi connectivity index (χ1) is 11.8. The number of nitrogens with zero attached hydrogens (tertiary/aromatic N) is 1. The normalized spacial score (nSPS) is 14.1. The molecule has 0 unspecified atom stereocenters. The van der Waals surface area contributed by atoms with Crippen molar-refractivity contribution in [1.29, 1.82) is 0 Å². The van der Waals surface area contributed by atoms with Gasteiger partial charge in [0.1, 0.15) is 17.5 Å². The summed E-state index contributed by atoms with van der Waals surface area (Å²) >= 11 is 0. The molecule has 0 bridgehead atoms. The highest BCUT2D eigenvalue weighted by molar-refractivity contribution is 6.27. The lowest BCUT2D eigenvalue weighted by atomic mass is 9.81. The number of Topliss-reactive ketones (excluding diaryl/α,β-unsaturated/α-hetero) is 2. The molecule has 2 aromatic rings. The van der Waals surface area contributed by atoms with Crippen LogP contribution in [0.4, 0.5) is 13.2 Å². The van der Waals surface area contributed by atoms with Crippen molar-refractivity contribution in [3.8, 4) is 0 Å². The van der Waals surface area contributed by atoms with E-state index in [1.165, 1.54) is 6.07 Å². The Morgan fingerprint density at radius 3 is 2.32 bits per heavy atom. The van der Waals surface area contributed by atoms with E-state index in [-0.39, 0.29) is 29.6 Å². The van der Waals surface area contributed by atoms with Gasteiger partial charge in [0.2, 0.25) is 0 Å². The van der Waals surface area contributed by atoms with Crippen LogP contribution in [0.25, 0.3) is 0 Å². The summed E-state index contributed by atoms with van der Waals surface area (Å²) < 4.78 is 40.9. The number of hydrogen-bond donors (Lipinski definition) is 0. The zero-order valence-corrected chi connectivity index (χ0v) is 13.6. The minimum Gasteiger partial charge on any atom is -0.289 e. The fourth-order valence-electron chi connectivity index (χ4n) is 3.01. The van der Waals surface area contributed by atoms with Crippen LogP contribution in [0, 0.1) is 24.4 Å². The van der Waals surface area contributed by atoms with Gasteiger partial charge in [-0.25, -0.2) is 13.2 Å². The Labute approximate surface area is 142 Å². The minimum atomic E-state index is -1.07. The summed E-state index contributed by atoms with van der Waals surface area (Å²) in [7, 11) is 0. The van der Waals surface area contributed by atoms with Crippen LogP contribution in [-0.4, -0.2) is 16.6 Å². The lowest BCUT2D eigenvalue weighted by Crippen LogP contribution is -2.25. The molecule has 6 heteroatoms. The van der Waals surface area contributed by atoms with E-state index in [0.29, 0.717) is 17.3 Å². The van der Waals surface area contributed by atoms with Crippen LogP contribution in [0.3, 0.4) is 0 Å². The number of hydrogen-bond acceptors (Lipinski definition) is 3. The molecule has 0 saturated carbocycles. The van der Waals surface area contributed by atoms with E-state index in [1.54, 1.807) is 13.8 Å². The van der Waals surface area contributed by atoms with E-state index in [4.69, 9.17) is 0 Å². The molecule has 128 valence electrons. The summed E-state index contributed by atoms with van der Waals surface area (Å²) in [5.41, 5.74) is 0.387. The summed E-state index contributed by atoms with van der Waals surface area (Å²) in [6.45, 7) is 3.24. The monoisotopic (exact) mass is 345 g/mol. The molecule has 0 saturated heterocycles. The third-order valence-corrected chi connectivity index (χ3v) is 4.25. The molecule has 0 atom stereocenters. The van der Waals surface area contributed by atoms with Gasteiger partial charge in [-0.15, -0.1) is 0 Å². The van der Waals surface area contributed by atoms with Crippen LogP contribution in [0.1, 0.15) is 45.3 Å². The molecule has 0 spiro atoms. The Balaban J connectivity index is 2.12. The summed E-state index contributed by atoms with van der Waals surface area (Å²) in [5.74, 6) is -3.68. The highest BCUT2D eigenvalue weighted by Crippen LogP contribution is 2.32. The smallest absolute Gasteiger partial charge is 0.193 e. The molecule has 1 aliphatic rings. The van der Waals surface area contributed by atoms with Gasteiger partial charge in [-0.2, -0.15) is 0 Å². The van der Waals surface area contributed by atoms with E-state index >= 15 is 0 Å². The predicted molar refractivity (Wildman–Crippen MR) is 85.0 cm³/mol.